The van der Waals surface area contributed by atoms with Gasteiger partial charge < -0.3 is 5.32 Å². The van der Waals surface area contributed by atoms with Gasteiger partial charge in [-0.15, -0.1) is 0 Å². The smallest absolute Gasteiger partial charge is 0.00840 e. The molecule has 4 rings (SSSR count). The van der Waals surface area contributed by atoms with E-state index in [0.29, 0.717) is 5.41 Å². The van der Waals surface area contributed by atoms with Gasteiger partial charge in [0.15, 0.2) is 0 Å². The fourth-order valence-corrected chi connectivity index (χ4v) is 2.92. The molecule has 2 saturated heterocycles. The van der Waals surface area contributed by atoms with Crippen LogP contribution in [0.5, 0.6) is 0 Å². The molecule has 1 aliphatic carbocycles. The van der Waals surface area contributed by atoms with Crippen LogP contribution < -0.4 is 5.32 Å². The maximum atomic E-state index is 3.54. The van der Waals surface area contributed by atoms with Crippen molar-refractivity contribution in [3.63, 3.8) is 0 Å². The summed E-state index contributed by atoms with van der Waals surface area (Å²) < 4.78 is 0. The van der Waals surface area contributed by atoms with Crippen LogP contribution in [0.3, 0.4) is 0 Å². The van der Waals surface area contributed by atoms with Crippen LogP contribution in [0, 0.1) is 0 Å². The minimum absolute atomic E-state index is 0.553. The molecular formula is C12H15N. The van der Waals surface area contributed by atoms with E-state index < -0.39 is 0 Å². The van der Waals surface area contributed by atoms with Gasteiger partial charge in [0, 0.05) is 6.04 Å². The van der Waals surface area contributed by atoms with Crippen molar-refractivity contribution in [2.75, 3.05) is 6.54 Å². The Morgan fingerprint density at radius 2 is 1.92 bits per heavy atom. The van der Waals surface area contributed by atoms with Gasteiger partial charge in [-0.05, 0) is 36.8 Å². The summed E-state index contributed by atoms with van der Waals surface area (Å²) in [4.78, 5) is 0. The molecule has 0 amide bonds. The van der Waals surface area contributed by atoms with Crippen molar-refractivity contribution in [1.82, 2.24) is 5.32 Å². The van der Waals surface area contributed by atoms with Gasteiger partial charge >= 0.3 is 0 Å². The van der Waals surface area contributed by atoms with Crippen LogP contribution >= 0.6 is 0 Å². The molecule has 13 heavy (non-hydrogen) atoms. The number of hydrogen-bond donors (Lipinski definition) is 1. The molecule has 2 aliphatic heterocycles. The summed E-state index contributed by atoms with van der Waals surface area (Å²) in [5.41, 5.74) is 2.12. The van der Waals surface area contributed by atoms with Crippen molar-refractivity contribution in [1.29, 1.82) is 0 Å². The van der Waals surface area contributed by atoms with Crippen molar-refractivity contribution in [2.24, 2.45) is 0 Å². The molecule has 2 bridgehead atoms. The minimum atomic E-state index is 0.553. The molecule has 0 atom stereocenters. The quantitative estimate of drug-likeness (QED) is 0.685. The predicted molar refractivity (Wildman–Crippen MR) is 53.8 cm³/mol. The second kappa shape index (κ2) is 2.58. The summed E-state index contributed by atoms with van der Waals surface area (Å²) in [6, 6.07) is 11.8. The van der Waals surface area contributed by atoms with E-state index >= 15 is 0 Å². The first-order chi connectivity index (χ1) is 6.39. The van der Waals surface area contributed by atoms with E-state index in [1.54, 1.807) is 5.56 Å². The Hall–Kier alpha value is -0.820. The molecule has 68 valence electrons. The van der Waals surface area contributed by atoms with Crippen LogP contribution in [0.4, 0.5) is 0 Å². The van der Waals surface area contributed by atoms with Crippen molar-refractivity contribution in [3.05, 3.63) is 35.9 Å². The normalized spacial score (nSPS) is 36.8. The summed E-state index contributed by atoms with van der Waals surface area (Å²) in [5.74, 6) is 0. The van der Waals surface area contributed by atoms with Crippen molar-refractivity contribution < 1.29 is 0 Å². The lowest BCUT2D eigenvalue weighted by Gasteiger charge is -2.53. The zero-order valence-corrected chi connectivity index (χ0v) is 7.79. The lowest BCUT2D eigenvalue weighted by atomic mass is 9.57. The van der Waals surface area contributed by atoms with E-state index in [9.17, 15) is 0 Å². The van der Waals surface area contributed by atoms with Crippen molar-refractivity contribution in [2.45, 2.75) is 30.7 Å². The Morgan fingerprint density at radius 1 is 1.15 bits per heavy atom. The number of rotatable bonds is 1. The van der Waals surface area contributed by atoms with Gasteiger partial charge in [-0.2, -0.15) is 0 Å². The highest BCUT2D eigenvalue weighted by molar-refractivity contribution is 5.31. The molecule has 1 N–H and O–H groups in total. The maximum absolute atomic E-state index is 3.54. The lowest BCUT2D eigenvalue weighted by Crippen LogP contribution is -2.58. The number of hydrogen-bond acceptors (Lipinski definition) is 1. The molecule has 3 aliphatic rings. The first kappa shape index (κ1) is 7.57. The van der Waals surface area contributed by atoms with Crippen LogP contribution in [0.2, 0.25) is 0 Å². The minimum Gasteiger partial charge on any atom is -0.314 e. The number of fused-ring (bicyclic) bond motifs is 2. The zero-order valence-electron chi connectivity index (χ0n) is 7.79. The molecule has 3 fully saturated rings. The van der Waals surface area contributed by atoms with E-state index in [1.807, 2.05) is 0 Å². The highest BCUT2D eigenvalue weighted by Gasteiger charge is 2.47. The van der Waals surface area contributed by atoms with E-state index in [0.717, 1.165) is 6.04 Å². The Kier molecular flexibility index (Phi) is 1.50. The molecule has 0 radical (unpaired) electrons. The van der Waals surface area contributed by atoms with E-state index in [2.05, 4.69) is 35.6 Å². The fraction of sp³-hybridized carbons (Fsp3) is 0.500. The molecule has 0 spiro atoms. The molecule has 1 aromatic rings. The largest absolute Gasteiger partial charge is 0.314 e. The molecule has 0 unspecified atom stereocenters. The van der Waals surface area contributed by atoms with Gasteiger partial charge in [-0.1, -0.05) is 30.3 Å². The maximum Gasteiger partial charge on any atom is 0.00840 e. The second-order valence-electron chi connectivity index (χ2n) is 4.46. The van der Waals surface area contributed by atoms with Gasteiger partial charge in [0.25, 0.3) is 0 Å². The van der Waals surface area contributed by atoms with Crippen LogP contribution in [-0.4, -0.2) is 12.6 Å². The van der Waals surface area contributed by atoms with E-state index in [4.69, 9.17) is 0 Å². The Labute approximate surface area is 79.2 Å². The average Bonchev–Trinajstić information content (AvgIpc) is 2.19. The molecule has 1 heteroatoms. The lowest BCUT2D eigenvalue weighted by molar-refractivity contribution is 0.110. The van der Waals surface area contributed by atoms with Crippen LogP contribution in [-0.2, 0) is 5.41 Å². The van der Waals surface area contributed by atoms with Crippen LogP contribution in [0.1, 0.15) is 24.8 Å². The zero-order chi connectivity index (χ0) is 8.73. The topological polar surface area (TPSA) is 12.0 Å². The van der Waals surface area contributed by atoms with Crippen molar-refractivity contribution >= 4 is 0 Å². The molecule has 1 aromatic carbocycles. The Morgan fingerprint density at radius 3 is 2.54 bits per heavy atom. The standard InChI is InChI=1S/C12H15N/c1-2-4-10(5-3-1)12-6-7-13-11(8-12)9-12/h1-5,11,13H,6-9H2. The predicted octanol–water partition coefficient (Wildman–Crippen LogP) is 2.08. The monoisotopic (exact) mass is 173 g/mol. The fourth-order valence-electron chi connectivity index (χ4n) is 2.92. The first-order valence-electron chi connectivity index (χ1n) is 5.18. The van der Waals surface area contributed by atoms with Gasteiger partial charge in [-0.25, -0.2) is 0 Å². The van der Waals surface area contributed by atoms with Gasteiger partial charge in [0.1, 0.15) is 0 Å². The summed E-state index contributed by atoms with van der Waals surface area (Å²) in [5, 5.41) is 3.54. The highest BCUT2D eigenvalue weighted by Crippen LogP contribution is 2.48. The molecule has 2 heterocycles. The average molecular weight is 173 g/mol. The third kappa shape index (κ3) is 1.03. The summed E-state index contributed by atoms with van der Waals surface area (Å²) in [6.07, 6.45) is 4.04. The molecular weight excluding hydrogens is 158 g/mol. The summed E-state index contributed by atoms with van der Waals surface area (Å²) in [7, 11) is 0. The van der Waals surface area contributed by atoms with E-state index in [-0.39, 0.29) is 0 Å². The number of piperidine rings is 2. The van der Waals surface area contributed by atoms with Gasteiger partial charge in [0.2, 0.25) is 0 Å². The SMILES string of the molecule is c1ccc(C23CCNC(C2)C3)cc1. The van der Waals surface area contributed by atoms with Crippen LogP contribution in [0.15, 0.2) is 30.3 Å². The molecule has 0 aromatic heterocycles. The van der Waals surface area contributed by atoms with Gasteiger partial charge in [0.05, 0.1) is 0 Å². The Bertz CT molecular complexity index is 293. The molecule has 1 nitrogen and oxygen atoms in total. The molecule has 1 saturated carbocycles. The number of nitrogens with one attached hydrogen (secondary N) is 1. The number of benzene rings is 1. The highest BCUT2D eigenvalue weighted by atomic mass is 15.0. The third-order valence-corrected chi connectivity index (χ3v) is 3.70. The van der Waals surface area contributed by atoms with Gasteiger partial charge in [-0.3, -0.25) is 0 Å². The first-order valence-corrected chi connectivity index (χ1v) is 5.18. The third-order valence-electron chi connectivity index (χ3n) is 3.70. The van der Waals surface area contributed by atoms with Crippen LogP contribution in [0.25, 0.3) is 0 Å². The van der Waals surface area contributed by atoms with Crippen molar-refractivity contribution in [3.8, 4) is 0 Å². The summed E-state index contributed by atoms with van der Waals surface area (Å²) in [6.45, 7) is 1.21. The summed E-state index contributed by atoms with van der Waals surface area (Å²) >= 11 is 0. The Balaban J connectivity index is 1.93. The van der Waals surface area contributed by atoms with E-state index in [1.165, 1.54) is 25.8 Å². The second-order valence-corrected chi connectivity index (χ2v) is 4.46.